The van der Waals surface area contributed by atoms with Crippen LogP contribution in [0.1, 0.15) is 17.8 Å². The Bertz CT molecular complexity index is 1060. The molecular weight excluding hydrogens is 360 g/mol. The van der Waals surface area contributed by atoms with Gasteiger partial charge >= 0.3 is 5.69 Å². The number of nitrogens with zero attached hydrogens (tertiary/aromatic N) is 7. The van der Waals surface area contributed by atoms with Crippen LogP contribution in [0.25, 0.3) is 11.2 Å². The summed E-state index contributed by atoms with van der Waals surface area (Å²) in [4.78, 5) is 35.6. The fraction of sp³-hybridized carbons (Fsp3) is 0.444. The Labute approximate surface area is 161 Å². The average molecular weight is 384 g/mol. The fourth-order valence-corrected chi connectivity index (χ4v) is 2.81. The summed E-state index contributed by atoms with van der Waals surface area (Å²) in [5, 5.41) is 11.5. The van der Waals surface area contributed by atoms with Crippen molar-refractivity contribution in [1.82, 2.24) is 39.5 Å². The molecule has 0 radical (unpaired) electrons. The molecule has 0 amide bonds. The number of fused-ring (bicyclic) bond motifs is 1. The van der Waals surface area contributed by atoms with Gasteiger partial charge in [-0.2, -0.15) is 0 Å². The van der Waals surface area contributed by atoms with E-state index in [1.807, 2.05) is 20.2 Å². The monoisotopic (exact) mass is 384 g/mol. The third-order valence-corrected chi connectivity index (χ3v) is 4.30. The molecule has 3 aromatic rings. The first kappa shape index (κ1) is 19.8. The van der Waals surface area contributed by atoms with Gasteiger partial charge in [-0.1, -0.05) is 6.07 Å². The molecule has 0 spiro atoms. The van der Waals surface area contributed by atoms with E-state index in [1.54, 1.807) is 18.5 Å². The summed E-state index contributed by atoms with van der Waals surface area (Å²) in [6.45, 7) is 2.42. The summed E-state index contributed by atoms with van der Waals surface area (Å²) in [5.41, 5.74) is 0.176. The molecule has 3 heterocycles. The average Bonchev–Trinajstić information content (AvgIpc) is 2.70. The number of hydrogen-bond acceptors (Lipinski definition) is 8. The van der Waals surface area contributed by atoms with Gasteiger partial charge in [0.05, 0.1) is 13.1 Å². The minimum atomic E-state index is -0.480. The molecule has 0 bridgehead atoms. The van der Waals surface area contributed by atoms with Gasteiger partial charge in [0.2, 0.25) is 0 Å². The van der Waals surface area contributed by atoms with Crippen LogP contribution in [0.2, 0.25) is 0 Å². The van der Waals surface area contributed by atoms with Crippen molar-refractivity contribution >= 4 is 11.2 Å². The number of pyridine rings is 1. The van der Waals surface area contributed by atoms with E-state index in [9.17, 15) is 9.59 Å². The van der Waals surface area contributed by atoms with E-state index < -0.39 is 11.2 Å². The molecule has 3 rings (SSSR count). The second-order valence-corrected chi connectivity index (χ2v) is 6.83. The summed E-state index contributed by atoms with van der Waals surface area (Å²) >= 11 is 0. The highest BCUT2D eigenvalue weighted by Crippen LogP contribution is 2.05. The van der Waals surface area contributed by atoms with E-state index in [0.29, 0.717) is 12.4 Å². The van der Waals surface area contributed by atoms with Crippen molar-refractivity contribution in [3.63, 3.8) is 0 Å². The van der Waals surface area contributed by atoms with E-state index in [0.717, 1.165) is 29.6 Å². The molecule has 0 atom stereocenters. The van der Waals surface area contributed by atoms with Crippen molar-refractivity contribution in [1.29, 1.82) is 0 Å². The van der Waals surface area contributed by atoms with Crippen molar-refractivity contribution in [2.75, 3.05) is 27.2 Å². The molecule has 148 valence electrons. The fourth-order valence-electron chi connectivity index (χ4n) is 2.81. The van der Waals surface area contributed by atoms with E-state index >= 15 is 0 Å². The molecule has 1 N–H and O–H groups in total. The maximum absolute atomic E-state index is 12.6. The molecule has 0 aliphatic heterocycles. The number of aromatic nitrogens is 6. The molecule has 0 saturated heterocycles. The van der Waals surface area contributed by atoms with Crippen molar-refractivity contribution in [3.8, 4) is 0 Å². The summed E-state index contributed by atoms with van der Waals surface area (Å²) in [5.74, 6) is 0.418. The molecule has 0 aromatic carbocycles. The van der Waals surface area contributed by atoms with Crippen LogP contribution in [0.15, 0.2) is 34.1 Å². The van der Waals surface area contributed by atoms with Gasteiger partial charge in [-0.3, -0.25) is 18.9 Å². The minimum Gasteiger partial charge on any atom is -0.310 e. The molecular formula is C18H24N8O2. The van der Waals surface area contributed by atoms with Crippen molar-refractivity contribution < 1.29 is 0 Å². The SMILES string of the molecule is CN(C)CCCNCc1nnc2c(n1)c(=O)n(C)c(=O)n2Cc1cccnc1. The smallest absolute Gasteiger partial charge is 0.310 e. The second-order valence-electron chi connectivity index (χ2n) is 6.83. The van der Waals surface area contributed by atoms with Gasteiger partial charge in [0, 0.05) is 19.4 Å². The Kier molecular flexibility index (Phi) is 6.22. The lowest BCUT2D eigenvalue weighted by Gasteiger charge is -2.11. The third kappa shape index (κ3) is 4.46. The lowest BCUT2D eigenvalue weighted by molar-refractivity contribution is 0.393. The first-order valence-corrected chi connectivity index (χ1v) is 9.05. The lowest BCUT2D eigenvalue weighted by atomic mass is 10.3. The summed E-state index contributed by atoms with van der Waals surface area (Å²) in [6, 6.07) is 3.64. The molecule has 28 heavy (non-hydrogen) atoms. The molecule has 0 saturated carbocycles. The Morgan fingerprint density at radius 3 is 2.75 bits per heavy atom. The molecule has 0 fully saturated rings. The van der Waals surface area contributed by atoms with Gasteiger partial charge in [0.25, 0.3) is 5.56 Å². The topological polar surface area (TPSA) is 111 Å². The molecule has 0 aliphatic carbocycles. The summed E-state index contributed by atoms with van der Waals surface area (Å²) < 4.78 is 2.43. The van der Waals surface area contributed by atoms with Crippen LogP contribution in [0, 0.1) is 0 Å². The molecule has 10 heteroatoms. The van der Waals surface area contributed by atoms with Gasteiger partial charge in [-0.25, -0.2) is 9.78 Å². The molecule has 10 nitrogen and oxygen atoms in total. The van der Waals surface area contributed by atoms with E-state index in [2.05, 4.69) is 30.4 Å². The quantitative estimate of drug-likeness (QED) is 0.511. The number of nitrogens with one attached hydrogen (secondary N) is 1. The van der Waals surface area contributed by atoms with Crippen LogP contribution in [0.3, 0.4) is 0 Å². The minimum absolute atomic E-state index is 0.131. The van der Waals surface area contributed by atoms with Gasteiger partial charge in [-0.15, -0.1) is 10.2 Å². The number of hydrogen-bond donors (Lipinski definition) is 1. The number of rotatable bonds is 8. The van der Waals surface area contributed by atoms with Crippen LogP contribution in [-0.2, 0) is 20.1 Å². The van der Waals surface area contributed by atoms with Gasteiger partial charge < -0.3 is 10.2 Å². The van der Waals surface area contributed by atoms with Crippen molar-refractivity contribution in [3.05, 3.63) is 56.8 Å². The van der Waals surface area contributed by atoms with Crippen molar-refractivity contribution in [2.24, 2.45) is 7.05 Å². The van der Waals surface area contributed by atoms with Crippen LogP contribution < -0.4 is 16.6 Å². The van der Waals surface area contributed by atoms with E-state index in [1.165, 1.54) is 11.6 Å². The van der Waals surface area contributed by atoms with Crippen LogP contribution >= 0.6 is 0 Å². The highest BCUT2D eigenvalue weighted by molar-refractivity contribution is 5.68. The molecule has 3 aromatic heterocycles. The predicted molar refractivity (Wildman–Crippen MR) is 105 cm³/mol. The van der Waals surface area contributed by atoms with Crippen LogP contribution in [0.4, 0.5) is 0 Å². The lowest BCUT2D eigenvalue weighted by Crippen LogP contribution is -2.39. The zero-order valence-corrected chi connectivity index (χ0v) is 16.3. The Hall–Kier alpha value is -2.98. The first-order chi connectivity index (χ1) is 13.5. The highest BCUT2D eigenvalue weighted by Gasteiger charge is 2.15. The Morgan fingerprint density at radius 2 is 2.04 bits per heavy atom. The largest absolute Gasteiger partial charge is 0.332 e. The maximum atomic E-state index is 12.6. The predicted octanol–water partition coefficient (Wildman–Crippen LogP) is -0.630. The summed E-state index contributed by atoms with van der Waals surface area (Å²) in [6.07, 6.45) is 4.31. The molecule has 0 unspecified atom stereocenters. The first-order valence-electron chi connectivity index (χ1n) is 9.05. The van der Waals surface area contributed by atoms with Gasteiger partial charge in [-0.05, 0) is 45.2 Å². The zero-order valence-electron chi connectivity index (χ0n) is 16.3. The second kappa shape index (κ2) is 8.81. The molecule has 0 aliphatic rings. The highest BCUT2D eigenvalue weighted by atomic mass is 16.2. The Morgan fingerprint density at radius 1 is 1.21 bits per heavy atom. The standard InChI is InChI=1S/C18H24N8O2/c1-24(2)9-5-8-20-11-14-21-15-16(23-22-14)26(18(28)25(3)17(15)27)12-13-6-4-7-19-10-13/h4,6-7,10,20H,5,8-9,11-12H2,1-3H3. The van der Waals surface area contributed by atoms with Crippen LogP contribution in [0.5, 0.6) is 0 Å². The third-order valence-electron chi connectivity index (χ3n) is 4.30. The van der Waals surface area contributed by atoms with Crippen LogP contribution in [-0.4, -0.2) is 61.4 Å². The maximum Gasteiger partial charge on any atom is 0.332 e. The van der Waals surface area contributed by atoms with E-state index in [4.69, 9.17) is 0 Å². The van der Waals surface area contributed by atoms with Crippen molar-refractivity contribution in [2.45, 2.75) is 19.5 Å². The zero-order chi connectivity index (χ0) is 20.1. The Balaban J connectivity index is 1.89. The summed E-state index contributed by atoms with van der Waals surface area (Å²) in [7, 11) is 5.49. The van der Waals surface area contributed by atoms with Gasteiger partial charge in [0.1, 0.15) is 0 Å². The van der Waals surface area contributed by atoms with Gasteiger partial charge in [0.15, 0.2) is 17.0 Å². The van der Waals surface area contributed by atoms with E-state index in [-0.39, 0.29) is 17.7 Å². The normalized spacial score (nSPS) is 11.4.